The van der Waals surface area contributed by atoms with Crippen molar-refractivity contribution in [3.8, 4) is 0 Å². The van der Waals surface area contributed by atoms with E-state index in [1.54, 1.807) is 30.3 Å². The topological polar surface area (TPSA) is 83.7 Å². The number of nitrogens with zero attached hydrogens (tertiary/aromatic N) is 2. The zero-order valence-corrected chi connectivity index (χ0v) is 13.8. The van der Waals surface area contributed by atoms with Crippen molar-refractivity contribution in [2.45, 2.75) is 24.8 Å². The van der Waals surface area contributed by atoms with Crippen molar-refractivity contribution in [2.24, 2.45) is 0 Å². The number of carbonyl (C=O) groups is 2. The van der Waals surface area contributed by atoms with Crippen LogP contribution < -0.4 is 5.32 Å². The second-order valence-corrected chi connectivity index (χ2v) is 6.36. The van der Waals surface area contributed by atoms with Crippen LogP contribution in [0.4, 0.5) is 4.39 Å². The molecule has 0 radical (unpaired) electrons. The molecule has 26 heavy (non-hydrogen) atoms. The van der Waals surface area contributed by atoms with E-state index in [2.05, 4.69) is 10.3 Å². The molecule has 0 saturated heterocycles. The van der Waals surface area contributed by atoms with Gasteiger partial charge < -0.3 is 10.4 Å². The minimum atomic E-state index is -1.59. The molecule has 1 aliphatic rings. The summed E-state index contributed by atoms with van der Waals surface area (Å²) < 4.78 is 15.7. The first-order valence-corrected chi connectivity index (χ1v) is 8.30. The quantitative estimate of drug-likeness (QED) is 0.758. The smallest absolute Gasteiger partial charge is 0.334 e. The Labute approximate surface area is 148 Å². The van der Waals surface area contributed by atoms with E-state index in [0.29, 0.717) is 12.0 Å². The number of benzene rings is 1. The van der Waals surface area contributed by atoms with Crippen molar-refractivity contribution in [3.05, 3.63) is 71.4 Å². The van der Waals surface area contributed by atoms with E-state index in [4.69, 9.17) is 0 Å². The highest BCUT2D eigenvalue weighted by Gasteiger charge is 2.45. The first kappa shape index (κ1) is 16.3. The van der Waals surface area contributed by atoms with Crippen LogP contribution >= 0.6 is 0 Å². The number of nitrogens with one attached hydrogen (secondary N) is 1. The minimum absolute atomic E-state index is 0.236. The van der Waals surface area contributed by atoms with Gasteiger partial charge >= 0.3 is 5.97 Å². The lowest BCUT2D eigenvalue weighted by Crippen LogP contribution is -2.53. The molecule has 1 unspecified atom stereocenters. The summed E-state index contributed by atoms with van der Waals surface area (Å²) in [7, 11) is 0. The third-order valence-corrected chi connectivity index (χ3v) is 4.85. The SMILES string of the molecule is O=C(NC1(C(=O)O)CCCc2ccccc21)c1nc2ccccn2c1F. The fourth-order valence-corrected chi connectivity index (χ4v) is 3.60. The highest BCUT2D eigenvalue weighted by atomic mass is 19.1. The van der Waals surface area contributed by atoms with E-state index in [9.17, 15) is 19.1 Å². The van der Waals surface area contributed by atoms with Crippen LogP contribution in [0, 0.1) is 5.95 Å². The summed E-state index contributed by atoms with van der Waals surface area (Å²) in [5.41, 5.74) is -0.314. The van der Waals surface area contributed by atoms with Crippen LogP contribution in [-0.4, -0.2) is 26.4 Å². The summed E-state index contributed by atoms with van der Waals surface area (Å²) in [5, 5.41) is 12.5. The number of aromatic nitrogens is 2. The number of halogens is 1. The zero-order chi connectivity index (χ0) is 18.3. The maximum atomic E-state index is 14.5. The van der Waals surface area contributed by atoms with Crippen LogP contribution in [-0.2, 0) is 16.8 Å². The lowest BCUT2D eigenvalue weighted by molar-refractivity contribution is -0.145. The highest BCUT2D eigenvalue weighted by molar-refractivity contribution is 5.97. The summed E-state index contributed by atoms with van der Waals surface area (Å²) >= 11 is 0. The molecule has 7 heteroatoms. The first-order chi connectivity index (χ1) is 12.5. The predicted octanol–water partition coefficient (Wildman–Crippen LogP) is 2.52. The Kier molecular flexibility index (Phi) is 3.72. The predicted molar refractivity (Wildman–Crippen MR) is 91.3 cm³/mol. The monoisotopic (exact) mass is 353 g/mol. The molecule has 1 atom stereocenters. The van der Waals surface area contributed by atoms with Gasteiger partial charge in [0.2, 0.25) is 5.95 Å². The Morgan fingerprint density at radius 3 is 2.73 bits per heavy atom. The van der Waals surface area contributed by atoms with Crippen LogP contribution in [0.5, 0.6) is 0 Å². The first-order valence-electron chi connectivity index (χ1n) is 8.30. The van der Waals surface area contributed by atoms with Gasteiger partial charge in [-0.05, 0) is 42.5 Å². The van der Waals surface area contributed by atoms with Crippen molar-refractivity contribution in [1.82, 2.24) is 14.7 Å². The van der Waals surface area contributed by atoms with Gasteiger partial charge in [0.1, 0.15) is 5.65 Å². The number of carboxylic acids is 1. The fraction of sp³-hybridized carbons (Fsp3) is 0.211. The Morgan fingerprint density at radius 2 is 1.96 bits per heavy atom. The molecule has 1 aromatic carbocycles. The Balaban J connectivity index is 1.77. The summed E-state index contributed by atoms with van der Waals surface area (Å²) in [6, 6.07) is 12.0. The number of fused-ring (bicyclic) bond motifs is 2. The molecule has 2 N–H and O–H groups in total. The average molecular weight is 353 g/mol. The summed E-state index contributed by atoms with van der Waals surface area (Å²) in [5.74, 6) is -2.82. The number of hydrogen-bond donors (Lipinski definition) is 2. The van der Waals surface area contributed by atoms with Crippen LogP contribution in [0.2, 0.25) is 0 Å². The van der Waals surface area contributed by atoms with Crippen LogP contribution in [0.25, 0.3) is 5.65 Å². The number of amides is 1. The Bertz CT molecular complexity index is 1030. The molecule has 1 aliphatic carbocycles. The van der Waals surface area contributed by atoms with Crippen LogP contribution in [0.3, 0.4) is 0 Å². The molecule has 2 aromatic heterocycles. The molecule has 2 heterocycles. The van der Waals surface area contributed by atoms with E-state index in [1.165, 1.54) is 6.20 Å². The lowest BCUT2D eigenvalue weighted by atomic mass is 9.76. The number of carboxylic acid groups (broad SMARTS) is 1. The molecule has 4 rings (SSSR count). The number of aliphatic carboxylic acids is 1. The van der Waals surface area contributed by atoms with Gasteiger partial charge in [-0.2, -0.15) is 4.39 Å². The molecule has 132 valence electrons. The number of imidazole rings is 1. The molecular weight excluding hydrogens is 337 g/mol. The molecular formula is C19H16FN3O3. The molecule has 0 aliphatic heterocycles. The van der Waals surface area contributed by atoms with Crippen molar-refractivity contribution in [2.75, 3.05) is 0 Å². The van der Waals surface area contributed by atoms with Gasteiger partial charge in [0.15, 0.2) is 11.2 Å². The van der Waals surface area contributed by atoms with Gasteiger partial charge in [-0.25, -0.2) is 9.78 Å². The van der Waals surface area contributed by atoms with Crippen LogP contribution in [0.1, 0.15) is 34.5 Å². The second kappa shape index (κ2) is 5.94. The lowest BCUT2D eigenvalue weighted by Gasteiger charge is -2.36. The third-order valence-electron chi connectivity index (χ3n) is 4.85. The maximum Gasteiger partial charge on any atom is 0.334 e. The number of aryl methyl sites for hydroxylation is 1. The molecule has 0 fully saturated rings. The van der Waals surface area contributed by atoms with E-state index < -0.39 is 29.1 Å². The maximum absolute atomic E-state index is 14.5. The molecule has 0 spiro atoms. The highest BCUT2D eigenvalue weighted by Crippen LogP contribution is 2.36. The number of carbonyl (C=O) groups excluding carboxylic acids is 1. The van der Waals surface area contributed by atoms with E-state index >= 15 is 0 Å². The van der Waals surface area contributed by atoms with Gasteiger partial charge in [-0.3, -0.25) is 9.20 Å². The molecule has 0 bridgehead atoms. The molecule has 6 nitrogen and oxygen atoms in total. The molecule has 0 saturated carbocycles. The largest absolute Gasteiger partial charge is 0.479 e. The number of pyridine rings is 1. The molecule has 3 aromatic rings. The summed E-state index contributed by atoms with van der Waals surface area (Å²) in [4.78, 5) is 28.9. The second-order valence-electron chi connectivity index (χ2n) is 6.36. The van der Waals surface area contributed by atoms with Crippen molar-refractivity contribution >= 4 is 17.5 Å². The fourth-order valence-electron chi connectivity index (χ4n) is 3.60. The van der Waals surface area contributed by atoms with Crippen molar-refractivity contribution in [1.29, 1.82) is 0 Å². The number of rotatable bonds is 3. The minimum Gasteiger partial charge on any atom is -0.479 e. The van der Waals surface area contributed by atoms with E-state index in [-0.39, 0.29) is 12.1 Å². The Morgan fingerprint density at radius 1 is 1.19 bits per heavy atom. The number of hydrogen-bond acceptors (Lipinski definition) is 3. The van der Waals surface area contributed by atoms with Gasteiger partial charge in [-0.15, -0.1) is 0 Å². The average Bonchev–Trinajstić information content (AvgIpc) is 2.99. The van der Waals surface area contributed by atoms with E-state index in [1.807, 2.05) is 12.1 Å². The van der Waals surface area contributed by atoms with Gasteiger partial charge in [0.25, 0.3) is 5.91 Å². The molecule has 1 amide bonds. The third kappa shape index (κ3) is 2.35. The van der Waals surface area contributed by atoms with Crippen LogP contribution in [0.15, 0.2) is 48.7 Å². The van der Waals surface area contributed by atoms with Gasteiger partial charge in [0.05, 0.1) is 0 Å². The summed E-state index contributed by atoms with van der Waals surface area (Å²) in [6.07, 6.45) is 3.04. The summed E-state index contributed by atoms with van der Waals surface area (Å²) in [6.45, 7) is 0. The van der Waals surface area contributed by atoms with Gasteiger partial charge in [-0.1, -0.05) is 30.3 Å². The van der Waals surface area contributed by atoms with Crippen molar-refractivity contribution < 1.29 is 19.1 Å². The van der Waals surface area contributed by atoms with Gasteiger partial charge in [0, 0.05) is 6.20 Å². The Hall–Kier alpha value is -3.22. The van der Waals surface area contributed by atoms with E-state index in [0.717, 1.165) is 16.4 Å². The normalized spacial score (nSPS) is 19.1. The standard InChI is InChI=1S/C19H16FN3O3/c20-16-15(21-14-9-3-4-11-23(14)16)17(24)22-19(18(25)26)10-5-7-12-6-1-2-8-13(12)19/h1-4,6,8-9,11H,5,7,10H2,(H,22,24)(H,25,26). The van der Waals surface area contributed by atoms with Crippen molar-refractivity contribution in [3.63, 3.8) is 0 Å². The zero-order valence-electron chi connectivity index (χ0n) is 13.8.